The number of benzene rings is 1. The number of anilines is 1. The summed E-state index contributed by atoms with van der Waals surface area (Å²) in [7, 11) is 0. The number of hydrogen-bond donors (Lipinski definition) is 1. The molecule has 1 heterocycles. The van der Waals surface area contributed by atoms with Crippen LogP contribution in [-0.4, -0.2) is 4.98 Å². The van der Waals surface area contributed by atoms with Crippen molar-refractivity contribution < 1.29 is 0 Å². The third kappa shape index (κ3) is 3.35. The first-order valence-electron chi connectivity index (χ1n) is 4.94. The molecule has 2 nitrogen and oxygen atoms in total. The van der Waals surface area contributed by atoms with Crippen LogP contribution in [0.25, 0.3) is 0 Å². The molecule has 0 radical (unpaired) electrons. The van der Waals surface area contributed by atoms with Gasteiger partial charge in [0, 0.05) is 32.8 Å². The highest BCUT2D eigenvalue weighted by molar-refractivity contribution is 9.10. The molecular formula is C12H9BrCl2N2. The Labute approximate surface area is 118 Å². The molecule has 88 valence electrons. The van der Waals surface area contributed by atoms with E-state index >= 15 is 0 Å². The van der Waals surface area contributed by atoms with Gasteiger partial charge in [-0.15, -0.1) is 0 Å². The molecule has 1 N–H and O–H groups in total. The lowest BCUT2D eigenvalue weighted by molar-refractivity contribution is 1.13. The molecule has 0 spiro atoms. The maximum absolute atomic E-state index is 6.08. The molecule has 17 heavy (non-hydrogen) atoms. The second kappa shape index (κ2) is 5.71. The zero-order valence-electron chi connectivity index (χ0n) is 8.75. The molecule has 2 rings (SSSR count). The Morgan fingerprint density at radius 3 is 2.53 bits per heavy atom. The van der Waals surface area contributed by atoms with Crippen LogP contribution in [0.15, 0.2) is 41.1 Å². The molecule has 2 aromatic rings. The van der Waals surface area contributed by atoms with E-state index in [1.54, 1.807) is 12.4 Å². The van der Waals surface area contributed by atoms with Crippen LogP contribution < -0.4 is 5.32 Å². The Morgan fingerprint density at radius 1 is 1.18 bits per heavy atom. The van der Waals surface area contributed by atoms with Crippen LogP contribution in [0, 0.1) is 0 Å². The first kappa shape index (κ1) is 12.7. The van der Waals surface area contributed by atoms with Gasteiger partial charge in [0.15, 0.2) is 0 Å². The lowest BCUT2D eigenvalue weighted by Crippen LogP contribution is -2.01. The van der Waals surface area contributed by atoms with Crippen molar-refractivity contribution in [2.24, 2.45) is 0 Å². The number of nitrogens with one attached hydrogen (secondary N) is 1. The van der Waals surface area contributed by atoms with Crippen LogP contribution >= 0.6 is 39.1 Å². The minimum atomic E-state index is 0.566. The fourth-order valence-corrected chi connectivity index (χ4v) is 2.30. The highest BCUT2D eigenvalue weighted by Gasteiger charge is 2.05. The van der Waals surface area contributed by atoms with Gasteiger partial charge in [-0.25, -0.2) is 0 Å². The normalized spacial score (nSPS) is 10.3. The van der Waals surface area contributed by atoms with E-state index < -0.39 is 0 Å². The summed E-state index contributed by atoms with van der Waals surface area (Å²) in [6.07, 6.45) is 3.48. The molecule has 0 aliphatic heterocycles. The third-order valence-corrected chi connectivity index (χ3v) is 3.38. The largest absolute Gasteiger partial charge is 0.380 e. The van der Waals surface area contributed by atoms with Crippen LogP contribution in [0.5, 0.6) is 0 Å². The maximum atomic E-state index is 6.08. The summed E-state index contributed by atoms with van der Waals surface area (Å²) in [5, 5.41) is 4.54. The number of rotatable bonds is 3. The molecule has 0 amide bonds. The Kier molecular flexibility index (Phi) is 4.26. The van der Waals surface area contributed by atoms with Crippen LogP contribution in [-0.2, 0) is 6.54 Å². The van der Waals surface area contributed by atoms with Crippen LogP contribution in [0.2, 0.25) is 10.0 Å². The van der Waals surface area contributed by atoms with E-state index in [0.717, 1.165) is 15.7 Å². The van der Waals surface area contributed by atoms with Crippen molar-refractivity contribution in [3.63, 3.8) is 0 Å². The molecule has 1 aromatic heterocycles. The van der Waals surface area contributed by atoms with Gasteiger partial charge in [-0.1, -0.05) is 29.3 Å². The van der Waals surface area contributed by atoms with E-state index in [1.165, 1.54) is 0 Å². The summed E-state index contributed by atoms with van der Waals surface area (Å²) in [6, 6.07) is 7.42. The first-order chi connectivity index (χ1) is 8.16. The van der Waals surface area contributed by atoms with Crippen LogP contribution in [0.4, 0.5) is 5.69 Å². The molecule has 0 fully saturated rings. The molecule has 0 atom stereocenters. The molecule has 0 bridgehead atoms. The van der Waals surface area contributed by atoms with Gasteiger partial charge < -0.3 is 5.32 Å². The molecule has 0 aliphatic rings. The minimum Gasteiger partial charge on any atom is -0.380 e. The maximum Gasteiger partial charge on any atom is 0.0540 e. The van der Waals surface area contributed by atoms with Gasteiger partial charge in [0.1, 0.15) is 0 Å². The van der Waals surface area contributed by atoms with E-state index in [2.05, 4.69) is 26.2 Å². The Morgan fingerprint density at radius 2 is 1.88 bits per heavy atom. The molecule has 0 unspecified atom stereocenters. The van der Waals surface area contributed by atoms with Crippen molar-refractivity contribution in [3.05, 3.63) is 56.7 Å². The zero-order chi connectivity index (χ0) is 12.3. The van der Waals surface area contributed by atoms with Crippen LogP contribution in [0.1, 0.15) is 5.56 Å². The highest BCUT2D eigenvalue weighted by atomic mass is 79.9. The second-order valence-corrected chi connectivity index (χ2v) is 5.18. The van der Waals surface area contributed by atoms with Gasteiger partial charge in [0.05, 0.1) is 11.9 Å². The van der Waals surface area contributed by atoms with E-state index in [1.807, 2.05) is 24.3 Å². The fourth-order valence-electron chi connectivity index (χ4n) is 1.40. The van der Waals surface area contributed by atoms with Crippen LogP contribution in [0.3, 0.4) is 0 Å². The quantitative estimate of drug-likeness (QED) is 0.876. The summed E-state index contributed by atoms with van der Waals surface area (Å²) in [5.41, 5.74) is 1.80. The Hall–Kier alpha value is -0.770. The van der Waals surface area contributed by atoms with E-state index in [4.69, 9.17) is 23.2 Å². The topological polar surface area (TPSA) is 24.9 Å². The number of hydrogen-bond acceptors (Lipinski definition) is 2. The third-order valence-electron chi connectivity index (χ3n) is 2.24. The van der Waals surface area contributed by atoms with Gasteiger partial charge in [-0.05, 0) is 34.1 Å². The van der Waals surface area contributed by atoms with Crippen molar-refractivity contribution >= 4 is 44.8 Å². The van der Waals surface area contributed by atoms with E-state index in [9.17, 15) is 0 Å². The predicted octanol–water partition coefficient (Wildman–Crippen LogP) is 4.76. The number of pyridine rings is 1. The molecular weight excluding hydrogens is 323 g/mol. The zero-order valence-corrected chi connectivity index (χ0v) is 11.9. The summed E-state index contributed by atoms with van der Waals surface area (Å²) in [6.45, 7) is 0.566. The first-order valence-corrected chi connectivity index (χ1v) is 6.49. The molecule has 0 saturated carbocycles. The number of halogens is 3. The predicted molar refractivity (Wildman–Crippen MR) is 75.7 cm³/mol. The van der Waals surface area contributed by atoms with Gasteiger partial charge >= 0.3 is 0 Å². The number of aromatic nitrogens is 1. The molecule has 1 aromatic carbocycles. The summed E-state index contributed by atoms with van der Waals surface area (Å²) >= 11 is 15.5. The van der Waals surface area contributed by atoms with Gasteiger partial charge in [-0.2, -0.15) is 0 Å². The summed E-state index contributed by atoms with van der Waals surface area (Å²) < 4.78 is 0.924. The molecule has 0 saturated heterocycles. The Bertz CT molecular complexity index is 511. The average Bonchev–Trinajstić information content (AvgIpc) is 2.28. The van der Waals surface area contributed by atoms with Crippen molar-refractivity contribution in [1.82, 2.24) is 4.98 Å². The van der Waals surface area contributed by atoms with Gasteiger partial charge in [0.25, 0.3) is 0 Å². The van der Waals surface area contributed by atoms with Gasteiger partial charge in [0.2, 0.25) is 0 Å². The van der Waals surface area contributed by atoms with Gasteiger partial charge in [-0.3, -0.25) is 4.98 Å². The summed E-state index contributed by atoms with van der Waals surface area (Å²) in [4.78, 5) is 4.07. The van der Waals surface area contributed by atoms with Crippen molar-refractivity contribution in [2.75, 3.05) is 5.32 Å². The smallest absolute Gasteiger partial charge is 0.0540 e. The lowest BCUT2D eigenvalue weighted by Gasteiger charge is -2.09. The van der Waals surface area contributed by atoms with Crippen molar-refractivity contribution in [1.29, 1.82) is 0 Å². The SMILES string of the molecule is Clc1cccc(Cl)c1CNc1cncc(Br)c1. The minimum absolute atomic E-state index is 0.566. The number of nitrogens with zero attached hydrogens (tertiary/aromatic N) is 1. The molecule has 5 heteroatoms. The highest BCUT2D eigenvalue weighted by Crippen LogP contribution is 2.25. The summed E-state index contributed by atoms with van der Waals surface area (Å²) in [5.74, 6) is 0. The van der Waals surface area contributed by atoms with E-state index in [-0.39, 0.29) is 0 Å². The Balaban J connectivity index is 2.13. The molecule has 0 aliphatic carbocycles. The lowest BCUT2D eigenvalue weighted by atomic mass is 10.2. The standard InChI is InChI=1S/C12H9BrCl2N2/c13-8-4-9(6-16-5-8)17-7-10-11(14)2-1-3-12(10)15/h1-6,17H,7H2. The van der Waals surface area contributed by atoms with E-state index in [0.29, 0.717) is 16.6 Å². The average molecular weight is 332 g/mol. The fraction of sp³-hybridized carbons (Fsp3) is 0.0833. The van der Waals surface area contributed by atoms with Crippen molar-refractivity contribution in [2.45, 2.75) is 6.54 Å². The second-order valence-electron chi connectivity index (χ2n) is 3.45. The van der Waals surface area contributed by atoms with Crippen molar-refractivity contribution in [3.8, 4) is 0 Å². The monoisotopic (exact) mass is 330 g/mol.